The van der Waals surface area contributed by atoms with Crippen molar-refractivity contribution >= 4 is 39.9 Å². The number of anilines is 2. The molecule has 0 saturated heterocycles. The Bertz CT molecular complexity index is 995. The summed E-state index contributed by atoms with van der Waals surface area (Å²) in [6.07, 6.45) is 0.528. The summed E-state index contributed by atoms with van der Waals surface area (Å²) in [5.74, 6) is 1.43. The molecule has 1 aliphatic rings. The number of benzene rings is 2. The standard InChI is InChI=1S/C21H23ClN4O/c1-14(2)10-21(27)23-16-4-3-5-17(12-16)25-8-9-26-19-7-6-15(22)11-18(19)24-20(26)13-25/h3-7,11-12,14H,8-10,13H2,1-2H3,(H,23,27). The molecule has 4 rings (SSSR count). The molecule has 2 aromatic carbocycles. The van der Waals surface area contributed by atoms with Gasteiger partial charge in [0.25, 0.3) is 0 Å². The summed E-state index contributed by atoms with van der Waals surface area (Å²) in [5.41, 5.74) is 4.00. The lowest BCUT2D eigenvalue weighted by atomic mass is 10.1. The molecule has 1 N–H and O–H groups in total. The molecule has 0 radical (unpaired) electrons. The Labute approximate surface area is 163 Å². The number of halogens is 1. The topological polar surface area (TPSA) is 50.2 Å². The van der Waals surface area contributed by atoms with E-state index in [9.17, 15) is 4.79 Å². The number of carbonyl (C=O) groups excluding carboxylic acids is 1. The number of nitrogens with zero attached hydrogens (tertiary/aromatic N) is 3. The van der Waals surface area contributed by atoms with Crippen molar-refractivity contribution in [2.24, 2.45) is 5.92 Å². The number of fused-ring (bicyclic) bond motifs is 3. The fourth-order valence-electron chi connectivity index (χ4n) is 3.58. The number of hydrogen-bond donors (Lipinski definition) is 1. The third-order valence-corrected chi connectivity index (χ3v) is 5.04. The average Bonchev–Trinajstić information content (AvgIpc) is 2.97. The van der Waals surface area contributed by atoms with Crippen molar-refractivity contribution < 1.29 is 4.79 Å². The number of carbonyl (C=O) groups is 1. The molecule has 0 fully saturated rings. The lowest BCUT2D eigenvalue weighted by molar-refractivity contribution is -0.116. The molecule has 1 aromatic heterocycles. The van der Waals surface area contributed by atoms with Crippen LogP contribution in [0, 0.1) is 5.92 Å². The molecule has 1 aliphatic heterocycles. The normalized spacial score (nSPS) is 13.9. The van der Waals surface area contributed by atoms with Gasteiger partial charge < -0.3 is 14.8 Å². The van der Waals surface area contributed by atoms with E-state index in [2.05, 4.69) is 20.9 Å². The highest BCUT2D eigenvalue weighted by Crippen LogP contribution is 2.27. The van der Waals surface area contributed by atoms with E-state index >= 15 is 0 Å². The van der Waals surface area contributed by atoms with Crippen LogP contribution in [-0.2, 0) is 17.9 Å². The molecule has 2 heterocycles. The van der Waals surface area contributed by atoms with E-state index in [1.165, 1.54) is 0 Å². The van der Waals surface area contributed by atoms with Crippen LogP contribution < -0.4 is 10.2 Å². The summed E-state index contributed by atoms with van der Waals surface area (Å²) in [7, 11) is 0. The van der Waals surface area contributed by atoms with Crippen molar-refractivity contribution in [2.75, 3.05) is 16.8 Å². The van der Waals surface area contributed by atoms with Crippen molar-refractivity contribution in [1.29, 1.82) is 0 Å². The molecule has 0 aliphatic carbocycles. The van der Waals surface area contributed by atoms with Crippen molar-refractivity contribution in [2.45, 2.75) is 33.4 Å². The van der Waals surface area contributed by atoms with Crippen LogP contribution in [0.2, 0.25) is 5.02 Å². The van der Waals surface area contributed by atoms with E-state index in [4.69, 9.17) is 16.6 Å². The zero-order valence-corrected chi connectivity index (χ0v) is 16.3. The highest BCUT2D eigenvalue weighted by Gasteiger charge is 2.20. The maximum atomic E-state index is 12.1. The van der Waals surface area contributed by atoms with Gasteiger partial charge in [0.1, 0.15) is 5.82 Å². The van der Waals surface area contributed by atoms with Gasteiger partial charge in [-0.2, -0.15) is 0 Å². The van der Waals surface area contributed by atoms with Crippen LogP contribution in [0.5, 0.6) is 0 Å². The number of amides is 1. The molecule has 0 atom stereocenters. The quantitative estimate of drug-likeness (QED) is 0.711. The van der Waals surface area contributed by atoms with E-state index in [-0.39, 0.29) is 5.91 Å². The summed E-state index contributed by atoms with van der Waals surface area (Å²) < 4.78 is 2.26. The first-order valence-corrected chi connectivity index (χ1v) is 9.67. The molecular weight excluding hydrogens is 360 g/mol. The van der Waals surface area contributed by atoms with Crippen molar-refractivity contribution in [3.63, 3.8) is 0 Å². The van der Waals surface area contributed by atoms with Gasteiger partial charge >= 0.3 is 0 Å². The Balaban J connectivity index is 1.54. The summed E-state index contributed by atoms with van der Waals surface area (Å²) in [5, 5.41) is 3.71. The fraction of sp³-hybridized carbons (Fsp3) is 0.333. The molecule has 140 valence electrons. The first kappa shape index (κ1) is 17.9. The van der Waals surface area contributed by atoms with Crippen molar-refractivity contribution in [3.8, 4) is 0 Å². The van der Waals surface area contributed by atoms with E-state index in [1.54, 1.807) is 0 Å². The minimum absolute atomic E-state index is 0.0551. The van der Waals surface area contributed by atoms with Gasteiger partial charge in [-0.05, 0) is 42.3 Å². The zero-order chi connectivity index (χ0) is 19.0. The van der Waals surface area contributed by atoms with E-state index in [0.29, 0.717) is 17.4 Å². The second-order valence-corrected chi connectivity index (χ2v) is 7.87. The van der Waals surface area contributed by atoms with E-state index in [0.717, 1.165) is 47.9 Å². The molecule has 0 saturated carbocycles. The Morgan fingerprint density at radius 1 is 1.22 bits per heavy atom. The number of aromatic nitrogens is 2. The van der Waals surface area contributed by atoms with Gasteiger partial charge in [0, 0.05) is 35.9 Å². The number of hydrogen-bond acceptors (Lipinski definition) is 3. The van der Waals surface area contributed by atoms with Gasteiger partial charge in [-0.1, -0.05) is 31.5 Å². The Morgan fingerprint density at radius 3 is 2.89 bits per heavy atom. The molecule has 0 bridgehead atoms. The molecule has 1 amide bonds. The van der Waals surface area contributed by atoms with E-state index in [1.807, 2.05) is 50.2 Å². The van der Waals surface area contributed by atoms with Crippen molar-refractivity contribution in [3.05, 3.63) is 53.3 Å². The largest absolute Gasteiger partial charge is 0.362 e. The van der Waals surface area contributed by atoms with Crippen LogP contribution in [0.3, 0.4) is 0 Å². The van der Waals surface area contributed by atoms with E-state index < -0.39 is 0 Å². The maximum Gasteiger partial charge on any atom is 0.224 e. The van der Waals surface area contributed by atoms with Crippen molar-refractivity contribution in [1.82, 2.24) is 9.55 Å². The molecule has 5 nitrogen and oxygen atoms in total. The van der Waals surface area contributed by atoms with Crippen LogP contribution in [0.4, 0.5) is 11.4 Å². The van der Waals surface area contributed by atoms with Crippen LogP contribution in [0.1, 0.15) is 26.1 Å². The minimum Gasteiger partial charge on any atom is -0.362 e. The van der Waals surface area contributed by atoms with Gasteiger partial charge in [0.15, 0.2) is 0 Å². The van der Waals surface area contributed by atoms with Crippen LogP contribution in [0.15, 0.2) is 42.5 Å². The van der Waals surface area contributed by atoms with Gasteiger partial charge in [-0.3, -0.25) is 4.79 Å². The number of imidazole rings is 1. The molecule has 6 heteroatoms. The monoisotopic (exact) mass is 382 g/mol. The van der Waals surface area contributed by atoms with Gasteiger partial charge in [0.05, 0.1) is 17.6 Å². The summed E-state index contributed by atoms with van der Waals surface area (Å²) >= 11 is 6.10. The Kier molecular flexibility index (Phi) is 4.79. The molecular formula is C21H23ClN4O. The Morgan fingerprint density at radius 2 is 2.07 bits per heavy atom. The van der Waals surface area contributed by atoms with Gasteiger partial charge in [-0.25, -0.2) is 4.98 Å². The molecule has 0 unspecified atom stereocenters. The summed E-state index contributed by atoms with van der Waals surface area (Å²) in [6, 6.07) is 13.9. The third-order valence-electron chi connectivity index (χ3n) is 4.80. The second-order valence-electron chi connectivity index (χ2n) is 7.43. The summed E-state index contributed by atoms with van der Waals surface area (Å²) in [6.45, 7) is 6.59. The molecule has 3 aromatic rings. The molecule has 0 spiro atoms. The Hall–Kier alpha value is -2.53. The number of rotatable bonds is 4. The lowest BCUT2D eigenvalue weighted by Gasteiger charge is -2.30. The van der Waals surface area contributed by atoms with Crippen LogP contribution in [-0.4, -0.2) is 22.0 Å². The maximum absolute atomic E-state index is 12.1. The average molecular weight is 383 g/mol. The fourth-order valence-corrected chi connectivity index (χ4v) is 3.74. The second kappa shape index (κ2) is 7.24. The van der Waals surface area contributed by atoms with Gasteiger partial charge in [0.2, 0.25) is 5.91 Å². The predicted molar refractivity (Wildman–Crippen MR) is 110 cm³/mol. The van der Waals surface area contributed by atoms with Gasteiger partial charge in [-0.15, -0.1) is 0 Å². The van der Waals surface area contributed by atoms with Crippen LogP contribution >= 0.6 is 11.6 Å². The highest BCUT2D eigenvalue weighted by molar-refractivity contribution is 6.31. The minimum atomic E-state index is 0.0551. The third kappa shape index (κ3) is 3.78. The van der Waals surface area contributed by atoms with Crippen LogP contribution in [0.25, 0.3) is 11.0 Å². The smallest absolute Gasteiger partial charge is 0.224 e. The SMILES string of the molecule is CC(C)CC(=O)Nc1cccc(N2CCn3c(nc4cc(Cl)ccc43)C2)c1. The lowest BCUT2D eigenvalue weighted by Crippen LogP contribution is -2.33. The highest BCUT2D eigenvalue weighted by atomic mass is 35.5. The number of nitrogens with one attached hydrogen (secondary N) is 1. The first-order chi connectivity index (χ1) is 13.0. The first-order valence-electron chi connectivity index (χ1n) is 9.29. The predicted octanol–water partition coefficient (Wildman–Crippen LogP) is 4.69. The summed E-state index contributed by atoms with van der Waals surface area (Å²) in [4.78, 5) is 19.1. The molecule has 27 heavy (non-hydrogen) atoms. The zero-order valence-electron chi connectivity index (χ0n) is 15.6.